The molecular weight excluding hydrogens is 314 g/mol. The number of rotatable bonds is 5. The van der Waals surface area contributed by atoms with E-state index in [0.717, 1.165) is 5.75 Å². The van der Waals surface area contributed by atoms with E-state index in [1.165, 1.54) is 0 Å². The van der Waals surface area contributed by atoms with Crippen LogP contribution in [0.1, 0.15) is 10.4 Å². The van der Waals surface area contributed by atoms with Crippen LogP contribution in [0.2, 0.25) is 0 Å². The van der Waals surface area contributed by atoms with E-state index in [-0.39, 0.29) is 5.91 Å². The molecule has 1 aromatic heterocycles. The van der Waals surface area contributed by atoms with Crippen LogP contribution in [-0.4, -0.2) is 25.0 Å². The molecular formula is C20H19N3O2. The molecule has 126 valence electrons. The van der Waals surface area contributed by atoms with Crippen LogP contribution in [0.5, 0.6) is 11.5 Å². The highest BCUT2D eigenvalue weighted by atomic mass is 16.5. The van der Waals surface area contributed by atoms with Crippen molar-refractivity contribution in [2.45, 2.75) is 0 Å². The second kappa shape index (κ2) is 7.49. The summed E-state index contributed by atoms with van der Waals surface area (Å²) in [5.74, 6) is 1.95. The van der Waals surface area contributed by atoms with E-state index in [4.69, 9.17) is 4.74 Å². The van der Waals surface area contributed by atoms with Crippen LogP contribution in [0.15, 0.2) is 72.9 Å². The monoisotopic (exact) mass is 333 g/mol. The zero-order valence-corrected chi connectivity index (χ0v) is 14.1. The molecule has 25 heavy (non-hydrogen) atoms. The number of nitrogens with zero attached hydrogens (tertiary/aromatic N) is 2. The maximum Gasteiger partial charge on any atom is 0.255 e. The number of anilines is 2. The van der Waals surface area contributed by atoms with Crippen LogP contribution in [0.4, 0.5) is 11.5 Å². The van der Waals surface area contributed by atoms with Crippen LogP contribution in [0.25, 0.3) is 0 Å². The van der Waals surface area contributed by atoms with E-state index in [0.29, 0.717) is 22.8 Å². The second-order valence-electron chi connectivity index (χ2n) is 5.66. The third-order valence-electron chi connectivity index (χ3n) is 3.55. The molecule has 0 fully saturated rings. The van der Waals surface area contributed by atoms with Gasteiger partial charge in [0.05, 0.1) is 5.69 Å². The van der Waals surface area contributed by atoms with Crippen molar-refractivity contribution >= 4 is 17.4 Å². The van der Waals surface area contributed by atoms with Crippen molar-refractivity contribution in [2.24, 2.45) is 0 Å². The molecule has 0 bridgehead atoms. The number of hydrogen-bond acceptors (Lipinski definition) is 4. The number of pyridine rings is 1. The Balaban J connectivity index is 1.71. The van der Waals surface area contributed by atoms with Gasteiger partial charge in [0.25, 0.3) is 5.91 Å². The Morgan fingerprint density at radius 1 is 0.920 bits per heavy atom. The first-order valence-corrected chi connectivity index (χ1v) is 7.90. The highest BCUT2D eigenvalue weighted by Crippen LogP contribution is 2.23. The number of amides is 1. The molecule has 1 heterocycles. The summed E-state index contributed by atoms with van der Waals surface area (Å²) in [4.78, 5) is 18.6. The summed E-state index contributed by atoms with van der Waals surface area (Å²) in [5, 5.41) is 2.89. The fraction of sp³-hybridized carbons (Fsp3) is 0.100. The summed E-state index contributed by atoms with van der Waals surface area (Å²) in [6.45, 7) is 0. The van der Waals surface area contributed by atoms with Crippen molar-refractivity contribution < 1.29 is 9.53 Å². The highest BCUT2D eigenvalue weighted by molar-refractivity contribution is 6.05. The van der Waals surface area contributed by atoms with Crippen molar-refractivity contribution in [3.63, 3.8) is 0 Å². The Kier molecular flexibility index (Phi) is 4.95. The number of carbonyl (C=O) groups is 1. The van der Waals surface area contributed by atoms with Crippen molar-refractivity contribution in [3.05, 3.63) is 78.5 Å². The maximum atomic E-state index is 12.5. The van der Waals surface area contributed by atoms with Crippen molar-refractivity contribution in [2.75, 3.05) is 24.3 Å². The standard InChI is InChI=1S/C20H19N3O2/c1-23(2)19-18(9-6-14-21-19)22-20(24)15-10-12-17(13-11-15)25-16-7-4-3-5-8-16/h3-14H,1-2H3,(H,22,24). The first kappa shape index (κ1) is 16.5. The van der Waals surface area contributed by atoms with Gasteiger partial charge >= 0.3 is 0 Å². The Bertz CT molecular complexity index is 846. The lowest BCUT2D eigenvalue weighted by Gasteiger charge is -2.16. The number of para-hydroxylation sites is 1. The smallest absolute Gasteiger partial charge is 0.255 e. The lowest BCUT2D eigenvalue weighted by molar-refractivity contribution is 0.102. The minimum absolute atomic E-state index is 0.192. The van der Waals surface area contributed by atoms with Gasteiger partial charge in [-0.05, 0) is 48.5 Å². The molecule has 0 saturated heterocycles. The summed E-state index contributed by atoms with van der Waals surface area (Å²) in [6.07, 6.45) is 1.70. The minimum atomic E-state index is -0.192. The maximum absolute atomic E-state index is 12.5. The summed E-state index contributed by atoms with van der Waals surface area (Å²) in [7, 11) is 3.77. The summed E-state index contributed by atoms with van der Waals surface area (Å²) < 4.78 is 5.73. The van der Waals surface area contributed by atoms with E-state index in [9.17, 15) is 4.79 Å². The molecule has 0 aliphatic carbocycles. The zero-order valence-electron chi connectivity index (χ0n) is 14.1. The van der Waals surface area contributed by atoms with Gasteiger partial charge in [-0.15, -0.1) is 0 Å². The van der Waals surface area contributed by atoms with Gasteiger partial charge in [0.1, 0.15) is 11.5 Å². The molecule has 0 spiro atoms. The molecule has 0 saturated carbocycles. The van der Waals surface area contributed by atoms with Crippen molar-refractivity contribution in [1.82, 2.24) is 4.98 Å². The average Bonchev–Trinajstić information content (AvgIpc) is 2.63. The van der Waals surface area contributed by atoms with E-state index in [1.54, 1.807) is 36.5 Å². The van der Waals surface area contributed by atoms with Crippen LogP contribution in [0, 0.1) is 0 Å². The van der Waals surface area contributed by atoms with Crippen LogP contribution >= 0.6 is 0 Å². The number of aromatic nitrogens is 1. The lowest BCUT2D eigenvalue weighted by Crippen LogP contribution is -2.17. The topological polar surface area (TPSA) is 54.5 Å². The van der Waals surface area contributed by atoms with Gasteiger partial charge < -0.3 is 15.0 Å². The number of nitrogens with one attached hydrogen (secondary N) is 1. The first-order valence-electron chi connectivity index (χ1n) is 7.90. The molecule has 1 amide bonds. The Morgan fingerprint density at radius 3 is 2.28 bits per heavy atom. The van der Waals surface area contributed by atoms with Crippen LogP contribution < -0.4 is 15.0 Å². The second-order valence-corrected chi connectivity index (χ2v) is 5.66. The van der Waals surface area contributed by atoms with Gasteiger partial charge in [0.15, 0.2) is 5.82 Å². The minimum Gasteiger partial charge on any atom is -0.457 e. The molecule has 1 N–H and O–H groups in total. The van der Waals surface area contributed by atoms with Gasteiger partial charge in [-0.3, -0.25) is 4.79 Å². The highest BCUT2D eigenvalue weighted by Gasteiger charge is 2.11. The molecule has 3 rings (SSSR count). The summed E-state index contributed by atoms with van der Waals surface area (Å²) in [6, 6.07) is 20.2. The summed E-state index contributed by atoms with van der Waals surface area (Å²) in [5.41, 5.74) is 1.22. The van der Waals surface area contributed by atoms with Crippen LogP contribution in [-0.2, 0) is 0 Å². The number of ether oxygens (including phenoxy) is 1. The first-order chi connectivity index (χ1) is 12.1. The lowest BCUT2D eigenvalue weighted by atomic mass is 10.2. The number of benzene rings is 2. The largest absolute Gasteiger partial charge is 0.457 e. The molecule has 0 atom stereocenters. The van der Waals surface area contributed by atoms with Crippen molar-refractivity contribution in [3.8, 4) is 11.5 Å². The molecule has 5 heteroatoms. The third kappa shape index (κ3) is 4.14. The molecule has 0 aliphatic heterocycles. The van der Waals surface area contributed by atoms with Crippen LogP contribution in [0.3, 0.4) is 0 Å². The SMILES string of the molecule is CN(C)c1ncccc1NC(=O)c1ccc(Oc2ccccc2)cc1. The number of carbonyl (C=O) groups excluding carboxylic acids is 1. The molecule has 2 aromatic carbocycles. The Morgan fingerprint density at radius 2 is 1.60 bits per heavy atom. The molecule has 0 aliphatic rings. The van der Waals surface area contributed by atoms with E-state index < -0.39 is 0 Å². The summed E-state index contributed by atoms with van der Waals surface area (Å²) >= 11 is 0. The molecule has 0 radical (unpaired) electrons. The molecule has 3 aromatic rings. The fourth-order valence-corrected chi connectivity index (χ4v) is 2.34. The average molecular weight is 333 g/mol. The quantitative estimate of drug-likeness (QED) is 0.760. The van der Waals surface area contributed by atoms with Gasteiger partial charge in [-0.2, -0.15) is 0 Å². The predicted molar refractivity (Wildman–Crippen MR) is 99.5 cm³/mol. The Labute approximate surface area is 146 Å². The normalized spacial score (nSPS) is 10.2. The third-order valence-corrected chi connectivity index (χ3v) is 3.55. The van der Waals surface area contributed by atoms with E-state index in [2.05, 4.69) is 10.3 Å². The molecule has 0 unspecified atom stereocenters. The predicted octanol–water partition coefficient (Wildman–Crippen LogP) is 4.19. The van der Waals surface area contributed by atoms with Gasteiger partial charge in [0, 0.05) is 25.9 Å². The zero-order chi connectivity index (χ0) is 17.6. The Hall–Kier alpha value is -3.34. The van der Waals surface area contributed by atoms with E-state index >= 15 is 0 Å². The van der Waals surface area contributed by atoms with Crippen molar-refractivity contribution in [1.29, 1.82) is 0 Å². The number of hydrogen-bond donors (Lipinski definition) is 1. The van der Waals surface area contributed by atoms with E-state index in [1.807, 2.05) is 55.4 Å². The van der Waals surface area contributed by atoms with Gasteiger partial charge in [-0.25, -0.2) is 4.98 Å². The molecule has 5 nitrogen and oxygen atoms in total. The fourth-order valence-electron chi connectivity index (χ4n) is 2.34. The van der Waals surface area contributed by atoms with Gasteiger partial charge in [-0.1, -0.05) is 18.2 Å². The van der Waals surface area contributed by atoms with Gasteiger partial charge in [0.2, 0.25) is 0 Å².